The zero-order valence-electron chi connectivity index (χ0n) is 13.8. The van der Waals surface area contributed by atoms with Crippen molar-refractivity contribution in [1.29, 1.82) is 0 Å². The number of aromatic nitrogens is 1. The van der Waals surface area contributed by atoms with Crippen LogP contribution in [0.3, 0.4) is 0 Å². The molecule has 7 heteroatoms. The van der Waals surface area contributed by atoms with Gasteiger partial charge in [0.05, 0.1) is 18.8 Å². The van der Waals surface area contributed by atoms with Gasteiger partial charge < -0.3 is 14.8 Å². The lowest BCUT2D eigenvalue weighted by Crippen LogP contribution is -2.56. The molecule has 0 aliphatic carbocycles. The van der Waals surface area contributed by atoms with Crippen molar-refractivity contribution in [3.63, 3.8) is 0 Å². The van der Waals surface area contributed by atoms with Crippen molar-refractivity contribution in [2.75, 3.05) is 20.3 Å². The third-order valence-corrected chi connectivity index (χ3v) is 4.81. The molecule has 0 saturated carbocycles. The summed E-state index contributed by atoms with van der Waals surface area (Å²) in [6.07, 6.45) is 1.59. The highest BCUT2D eigenvalue weighted by Crippen LogP contribution is 2.48. The normalized spacial score (nSPS) is 29.0. The molecule has 0 aromatic carbocycles. The van der Waals surface area contributed by atoms with Gasteiger partial charge in [-0.25, -0.2) is 0 Å². The van der Waals surface area contributed by atoms with E-state index in [-0.39, 0.29) is 24.3 Å². The van der Waals surface area contributed by atoms with Gasteiger partial charge in [0.2, 0.25) is 5.91 Å². The molecule has 3 heterocycles. The molecule has 0 spiro atoms. The highest BCUT2D eigenvalue weighted by Gasteiger charge is 2.68. The molecule has 2 atom stereocenters. The van der Waals surface area contributed by atoms with Gasteiger partial charge in [0.1, 0.15) is 11.2 Å². The lowest BCUT2D eigenvalue weighted by atomic mass is 9.87. The van der Waals surface area contributed by atoms with E-state index in [1.807, 2.05) is 13.8 Å². The van der Waals surface area contributed by atoms with Gasteiger partial charge >= 0.3 is 0 Å². The molecule has 1 N–H and O–H groups in total. The Labute approximate surface area is 135 Å². The maximum absolute atomic E-state index is 13.0. The van der Waals surface area contributed by atoms with Gasteiger partial charge in [-0.2, -0.15) is 0 Å². The first-order chi connectivity index (χ1) is 10.9. The predicted octanol–water partition coefficient (Wildman–Crippen LogP) is 0.855. The Morgan fingerprint density at radius 3 is 2.74 bits per heavy atom. The van der Waals surface area contributed by atoms with Crippen LogP contribution < -0.4 is 5.32 Å². The number of pyridine rings is 1. The van der Waals surface area contributed by atoms with Crippen LogP contribution in [0.1, 0.15) is 36.8 Å². The summed E-state index contributed by atoms with van der Waals surface area (Å²) in [5.41, 5.74) is -0.124. The Hall–Kier alpha value is -1.99. The fraction of sp³-hybridized carbons (Fsp3) is 0.562. The van der Waals surface area contributed by atoms with E-state index in [0.717, 1.165) is 0 Å². The van der Waals surface area contributed by atoms with Crippen LogP contribution in [0.4, 0.5) is 0 Å². The highest BCUT2D eigenvalue weighted by atomic mass is 16.6. The van der Waals surface area contributed by atoms with E-state index >= 15 is 0 Å². The number of nitrogens with zero attached hydrogens (tertiary/aromatic N) is 2. The van der Waals surface area contributed by atoms with Crippen molar-refractivity contribution in [1.82, 2.24) is 15.2 Å². The van der Waals surface area contributed by atoms with Crippen LogP contribution in [-0.2, 0) is 20.1 Å². The molecule has 1 saturated heterocycles. The zero-order chi connectivity index (χ0) is 16.8. The number of methoxy groups -OCH3 is 1. The fourth-order valence-electron chi connectivity index (χ4n) is 3.21. The van der Waals surface area contributed by atoms with E-state index in [9.17, 15) is 9.59 Å². The first-order valence-electron chi connectivity index (χ1n) is 7.65. The van der Waals surface area contributed by atoms with Gasteiger partial charge in [-0.05, 0) is 25.0 Å². The fourth-order valence-corrected chi connectivity index (χ4v) is 3.21. The summed E-state index contributed by atoms with van der Waals surface area (Å²) in [4.78, 5) is 31.5. The molecule has 2 unspecified atom stereocenters. The first-order valence-corrected chi connectivity index (χ1v) is 7.65. The highest BCUT2D eigenvalue weighted by molar-refractivity contribution is 6.06. The number of hydrogen-bond donors (Lipinski definition) is 1. The molecule has 0 radical (unpaired) electrons. The quantitative estimate of drug-likeness (QED) is 0.814. The third kappa shape index (κ3) is 1.93. The molecule has 0 bridgehead atoms. The minimum atomic E-state index is -1.36. The molecule has 2 aliphatic heterocycles. The lowest BCUT2D eigenvalue weighted by Gasteiger charge is -2.39. The van der Waals surface area contributed by atoms with Crippen molar-refractivity contribution < 1.29 is 19.1 Å². The third-order valence-electron chi connectivity index (χ3n) is 4.81. The van der Waals surface area contributed by atoms with Crippen molar-refractivity contribution in [3.05, 3.63) is 29.6 Å². The standard InChI is InChI=1S/C16H21N3O4/c1-10(2)15(3)14(21)18-16(23-9-8-22-4)12-11(6-5-7-17-12)13(20)19(15)16/h5-7,10H,8-9H2,1-4H3,(H,18,21). The minimum absolute atomic E-state index is 0.0892. The van der Waals surface area contributed by atoms with Gasteiger partial charge in [-0.1, -0.05) is 13.8 Å². The second kappa shape index (κ2) is 5.28. The van der Waals surface area contributed by atoms with E-state index in [0.29, 0.717) is 17.9 Å². The Balaban J connectivity index is 2.14. The number of fused-ring (bicyclic) bond motifs is 3. The molecular formula is C16H21N3O4. The zero-order valence-corrected chi connectivity index (χ0v) is 13.8. The minimum Gasteiger partial charge on any atom is -0.382 e. The van der Waals surface area contributed by atoms with Gasteiger partial charge in [0, 0.05) is 13.3 Å². The summed E-state index contributed by atoms with van der Waals surface area (Å²) in [6, 6.07) is 3.41. The number of hydrogen-bond acceptors (Lipinski definition) is 5. The van der Waals surface area contributed by atoms with Crippen molar-refractivity contribution in [3.8, 4) is 0 Å². The van der Waals surface area contributed by atoms with Gasteiger partial charge in [0.25, 0.3) is 11.8 Å². The number of rotatable bonds is 5. The number of carbonyl (C=O) groups excluding carboxylic acids is 2. The second-order valence-corrected chi connectivity index (χ2v) is 6.28. The molecule has 1 fully saturated rings. The monoisotopic (exact) mass is 319 g/mol. The molecule has 7 nitrogen and oxygen atoms in total. The average molecular weight is 319 g/mol. The predicted molar refractivity (Wildman–Crippen MR) is 81.3 cm³/mol. The smallest absolute Gasteiger partial charge is 0.271 e. The number of carbonyl (C=O) groups is 2. The average Bonchev–Trinajstić information content (AvgIpc) is 2.90. The van der Waals surface area contributed by atoms with E-state index in [1.165, 1.54) is 4.90 Å². The van der Waals surface area contributed by atoms with Crippen LogP contribution in [-0.4, -0.2) is 47.6 Å². The maximum atomic E-state index is 13.0. The Morgan fingerprint density at radius 1 is 1.35 bits per heavy atom. The summed E-state index contributed by atoms with van der Waals surface area (Å²) < 4.78 is 11.0. The number of ether oxygens (including phenoxy) is 2. The summed E-state index contributed by atoms with van der Waals surface area (Å²) in [5.74, 6) is -1.94. The van der Waals surface area contributed by atoms with Gasteiger partial charge in [-0.15, -0.1) is 0 Å². The van der Waals surface area contributed by atoms with Crippen LogP contribution >= 0.6 is 0 Å². The summed E-state index contributed by atoms with van der Waals surface area (Å²) in [6.45, 7) is 6.16. The van der Waals surface area contributed by atoms with Gasteiger partial charge in [-0.3, -0.25) is 19.5 Å². The van der Waals surface area contributed by atoms with Crippen LogP contribution in [0.25, 0.3) is 0 Å². The van der Waals surface area contributed by atoms with Crippen LogP contribution in [0.2, 0.25) is 0 Å². The number of nitrogens with one attached hydrogen (secondary N) is 1. The molecule has 124 valence electrons. The maximum Gasteiger partial charge on any atom is 0.271 e. The van der Waals surface area contributed by atoms with Crippen LogP contribution in [0.5, 0.6) is 0 Å². The van der Waals surface area contributed by atoms with E-state index < -0.39 is 11.4 Å². The Bertz CT molecular complexity index is 662. The molecule has 1 aromatic heterocycles. The van der Waals surface area contributed by atoms with E-state index in [2.05, 4.69) is 10.3 Å². The Kier molecular flexibility index (Phi) is 3.65. The van der Waals surface area contributed by atoms with E-state index in [1.54, 1.807) is 32.4 Å². The molecular weight excluding hydrogens is 298 g/mol. The van der Waals surface area contributed by atoms with Gasteiger partial charge in [0.15, 0.2) is 0 Å². The second-order valence-electron chi connectivity index (χ2n) is 6.28. The van der Waals surface area contributed by atoms with E-state index in [4.69, 9.17) is 9.47 Å². The first kappa shape index (κ1) is 15.9. The lowest BCUT2D eigenvalue weighted by molar-refractivity contribution is -0.163. The summed E-state index contributed by atoms with van der Waals surface area (Å²) in [7, 11) is 1.57. The van der Waals surface area contributed by atoms with Crippen LogP contribution in [0, 0.1) is 5.92 Å². The Morgan fingerprint density at radius 2 is 2.09 bits per heavy atom. The molecule has 1 aromatic rings. The molecule has 23 heavy (non-hydrogen) atoms. The topological polar surface area (TPSA) is 80.8 Å². The molecule has 2 aliphatic rings. The summed E-state index contributed by atoms with van der Waals surface area (Å²) in [5, 5.41) is 2.87. The molecule has 2 amide bonds. The van der Waals surface area contributed by atoms with Crippen molar-refractivity contribution >= 4 is 11.8 Å². The number of amides is 2. The summed E-state index contributed by atoms with van der Waals surface area (Å²) >= 11 is 0. The van der Waals surface area contributed by atoms with Crippen LogP contribution in [0.15, 0.2) is 18.3 Å². The largest absolute Gasteiger partial charge is 0.382 e. The van der Waals surface area contributed by atoms with Crippen molar-refractivity contribution in [2.24, 2.45) is 5.92 Å². The SMILES string of the molecule is COCCOC12NC(=O)C(C)(C(C)C)N1C(=O)c1cccnc12. The van der Waals surface area contributed by atoms with Crippen molar-refractivity contribution in [2.45, 2.75) is 32.2 Å². The molecule has 3 rings (SSSR count).